The molecule has 0 unspecified atom stereocenters. The molecule has 3 N–H and O–H groups in total. The molecule has 0 bridgehead atoms. The number of hydrogen-bond acceptors (Lipinski definition) is 3. The molecule has 3 aromatic rings. The summed E-state index contributed by atoms with van der Waals surface area (Å²) in [5.41, 5.74) is 8.41. The fourth-order valence-electron chi connectivity index (χ4n) is 2.10. The minimum atomic E-state index is -0.203. The zero-order chi connectivity index (χ0) is 14.8. The van der Waals surface area contributed by atoms with Crippen LogP contribution in [0.1, 0.15) is 10.4 Å². The molecule has 0 aliphatic heterocycles. The van der Waals surface area contributed by atoms with Crippen LogP contribution in [0.15, 0.2) is 59.2 Å². The lowest BCUT2D eigenvalue weighted by atomic mass is 10.1. The van der Waals surface area contributed by atoms with Gasteiger partial charge in [-0.2, -0.15) is 0 Å². The first-order valence-electron chi connectivity index (χ1n) is 6.34. The number of nitrogens with zero attached hydrogens (tertiary/aromatic N) is 1. The van der Waals surface area contributed by atoms with Gasteiger partial charge in [0.15, 0.2) is 0 Å². The Morgan fingerprint density at radius 2 is 2.00 bits per heavy atom. The molecule has 0 saturated heterocycles. The van der Waals surface area contributed by atoms with Crippen molar-refractivity contribution in [3.05, 3.63) is 64.8 Å². The predicted molar refractivity (Wildman–Crippen MR) is 88.3 cm³/mol. The minimum absolute atomic E-state index is 0.203. The van der Waals surface area contributed by atoms with Gasteiger partial charge in [0.25, 0.3) is 5.91 Å². The Labute approximate surface area is 130 Å². The third-order valence-electron chi connectivity index (χ3n) is 3.04. The Kier molecular flexibility index (Phi) is 3.58. The molecule has 5 heteroatoms. The molecule has 3 rings (SSSR count). The maximum absolute atomic E-state index is 12.3. The number of amides is 1. The van der Waals surface area contributed by atoms with Crippen molar-refractivity contribution in [2.75, 3.05) is 11.1 Å². The first-order chi connectivity index (χ1) is 10.1. The van der Waals surface area contributed by atoms with Crippen molar-refractivity contribution in [1.82, 2.24) is 4.98 Å². The number of nitrogens with two attached hydrogens (primary N) is 1. The van der Waals surface area contributed by atoms with Crippen LogP contribution < -0.4 is 11.1 Å². The molecule has 104 valence electrons. The number of aromatic nitrogens is 1. The monoisotopic (exact) mass is 341 g/mol. The van der Waals surface area contributed by atoms with Crippen molar-refractivity contribution >= 4 is 44.1 Å². The van der Waals surface area contributed by atoms with Crippen LogP contribution in [0.2, 0.25) is 0 Å². The van der Waals surface area contributed by atoms with Crippen LogP contribution in [0.25, 0.3) is 10.9 Å². The number of benzene rings is 2. The lowest BCUT2D eigenvalue weighted by Gasteiger charge is -2.07. The summed E-state index contributed by atoms with van der Waals surface area (Å²) in [6.45, 7) is 0. The van der Waals surface area contributed by atoms with Crippen LogP contribution in [0.3, 0.4) is 0 Å². The Balaban J connectivity index is 1.88. The number of nitrogen functional groups attached to an aromatic ring is 1. The average Bonchev–Trinajstić information content (AvgIpc) is 2.46. The summed E-state index contributed by atoms with van der Waals surface area (Å²) in [7, 11) is 0. The maximum atomic E-state index is 12.3. The molecule has 0 spiro atoms. The van der Waals surface area contributed by atoms with Gasteiger partial charge in [-0.25, -0.2) is 0 Å². The van der Waals surface area contributed by atoms with E-state index in [4.69, 9.17) is 5.73 Å². The molecule has 0 atom stereocenters. The van der Waals surface area contributed by atoms with Crippen LogP contribution in [0.5, 0.6) is 0 Å². The van der Waals surface area contributed by atoms with Crippen molar-refractivity contribution in [2.45, 2.75) is 0 Å². The van der Waals surface area contributed by atoms with E-state index in [9.17, 15) is 4.79 Å². The second-order valence-electron chi connectivity index (χ2n) is 4.64. The Hall–Kier alpha value is -2.40. The molecule has 0 saturated carbocycles. The molecule has 0 aliphatic carbocycles. The van der Waals surface area contributed by atoms with E-state index in [1.54, 1.807) is 24.4 Å². The van der Waals surface area contributed by atoms with Crippen molar-refractivity contribution in [3.8, 4) is 0 Å². The molecule has 1 heterocycles. The van der Waals surface area contributed by atoms with Crippen LogP contribution >= 0.6 is 15.9 Å². The maximum Gasteiger partial charge on any atom is 0.255 e. The van der Waals surface area contributed by atoms with Crippen LogP contribution in [-0.2, 0) is 0 Å². The van der Waals surface area contributed by atoms with E-state index in [-0.39, 0.29) is 5.91 Å². The summed E-state index contributed by atoms with van der Waals surface area (Å²) >= 11 is 3.33. The summed E-state index contributed by atoms with van der Waals surface area (Å²) in [6.07, 6.45) is 1.74. The third-order valence-corrected chi connectivity index (χ3v) is 3.50. The highest BCUT2D eigenvalue weighted by Gasteiger charge is 2.08. The van der Waals surface area contributed by atoms with Crippen molar-refractivity contribution in [1.29, 1.82) is 0 Å². The summed E-state index contributed by atoms with van der Waals surface area (Å²) in [6, 6.07) is 14.5. The van der Waals surface area contributed by atoms with Crippen molar-refractivity contribution in [3.63, 3.8) is 0 Å². The highest BCUT2D eigenvalue weighted by atomic mass is 79.9. The molecular weight excluding hydrogens is 330 g/mol. The van der Waals surface area contributed by atoms with E-state index in [1.165, 1.54) is 0 Å². The number of hydrogen-bond donors (Lipinski definition) is 2. The normalized spacial score (nSPS) is 10.5. The number of anilines is 2. The zero-order valence-corrected chi connectivity index (χ0v) is 12.6. The number of nitrogens with one attached hydrogen (secondary N) is 1. The third kappa shape index (κ3) is 3.03. The van der Waals surface area contributed by atoms with Crippen molar-refractivity contribution in [2.24, 2.45) is 0 Å². The zero-order valence-electron chi connectivity index (χ0n) is 11.0. The Morgan fingerprint density at radius 3 is 2.81 bits per heavy atom. The summed E-state index contributed by atoms with van der Waals surface area (Å²) < 4.78 is 0.773. The SMILES string of the molecule is Nc1cc(Br)cc(C(=O)Nc2ccc3ncccc3c2)c1. The van der Waals surface area contributed by atoms with Gasteiger partial charge >= 0.3 is 0 Å². The molecule has 0 fully saturated rings. The average molecular weight is 342 g/mol. The number of fused-ring (bicyclic) bond motifs is 1. The molecular formula is C16H12BrN3O. The van der Waals surface area contributed by atoms with Gasteiger partial charge in [-0.15, -0.1) is 0 Å². The quantitative estimate of drug-likeness (QED) is 0.696. The van der Waals surface area contributed by atoms with E-state index in [0.29, 0.717) is 11.3 Å². The van der Waals surface area contributed by atoms with Gasteiger partial charge < -0.3 is 11.1 Å². The Bertz CT molecular complexity index is 812. The number of carbonyl (C=O) groups is 1. The molecule has 21 heavy (non-hydrogen) atoms. The standard InChI is InChI=1S/C16H12BrN3O/c17-12-6-11(7-13(18)9-12)16(21)20-14-3-4-15-10(8-14)2-1-5-19-15/h1-9H,18H2,(H,20,21). The first-order valence-corrected chi connectivity index (χ1v) is 7.13. The van der Waals surface area contributed by atoms with Gasteiger partial charge in [-0.1, -0.05) is 22.0 Å². The fourth-order valence-corrected chi connectivity index (χ4v) is 2.61. The largest absolute Gasteiger partial charge is 0.399 e. The summed E-state index contributed by atoms with van der Waals surface area (Å²) in [4.78, 5) is 16.5. The second kappa shape index (κ2) is 5.54. The highest BCUT2D eigenvalue weighted by Crippen LogP contribution is 2.20. The Morgan fingerprint density at radius 1 is 1.14 bits per heavy atom. The van der Waals surface area contributed by atoms with Crippen LogP contribution in [-0.4, -0.2) is 10.9 Å². The van der Waals surface area contributed by atoms with Crippen molar-refractivity contribution < 1.29 is 4.79 Å². The topological polar surface area (TPSA) is 68.0 Å². The van der Waals surface area contributed by atoms with Gasteiger partial charge in [0, 0.05) is 33.0 Å². The lowest BCUT2D eigenvalue weighted by Crippen LogP contribution is -2.12. The van der Waals surface area contributed by atoms with Gasteiger partial charge in [0.05, 0.1) is 5.52 Å². The smallest absolute Gasteiger partial charge is 0.255 e. The molecule has 0 aliphatic rings. The molecule has 1 amide bonds. The fraction of sp³-hybridized carbons (Fsp3) is 0. The summed E-state index contributed by atoms with van der Waals surface area (Å²) in [5.74, 6) is -0.203. The van der Waals surface area contributed by atoms with Crippen LogP contribution in [0, 0.1) is 0 Å². The van der Waals surface area contributed by atoms with Crippen LogP contribution in [0.4, 0.5) is 11.4 Å². The number of halogens is 1. The minimum Gasteiger partial charge on any atom is -0.399 e. The van der Waals surface area contributed by atoms with Gasteiger partial charge in [-0.05, 0) is 42.5 Å². The molecule has 4 nitrogen and oxygen atoms in total. The summed E-state index contributed by atoms with van der Waals surface area (Å²) in [5, 5.41) is 3.84. The highest BCUT2D eigenvalue weighted by molar-refractivity contribution is 9.10. The van der Waals surface area contributed by atoms with E-state index in [2.05, 4.69) is 26.2 Å². The van der Waals surface area contributed by atoms with E-state index in [1.807, 2.05) is 30.3 Å². The molecule has 0 radical (unpaired) electrons. The van der Waals surface area contributed by atoms with Gasteiger partial charge in [-0.3, -0.25) is 9.78 Å². The number of carbonyl (C=O) groups excluding carboxylic acids is 1. The van der Waals surface area contributed by atoms with Gasteiger partial charge in [0.1, 0.15) is 0 Å². The number of pyridine rings is 1. The first kappa shape index (κ1) is 13.6. The van der Waals surface area contributed by atoms with E-state index in [0.717, 1.165) is 21.1 Å². The predicted octanol–water partition coefficient (Wildman–Crippen LogP) is 3.83. The number of rotatable bonds is 2. The van der Waals surface area contributed by atoms with E-state index >= 15 is 0 Å². The molecule has 1 aromatic heterocycles. The second-order valence-corrected chi connectivity index (χ2v) is 5.55. The van der Waals surface area contributed by atoms with Gasteiger partial charge in [0.2, 0.25) is 0 Å². The molecule has 2 aromatic carbocycles. The lowest BCUT2D eigenvalue weighted by molar-refractivity contribution is 0.102. The van der Waals surface area contributed by atoms with E-state index < -0.39 is 0 Å².